The van der Waals surface area contributed by atoms with Crippen molar-refractivity contribution in [3.05, 3.63) is 83.9 Å². The number of anilines is 2. The van der Waals surface area contributed by atoms with E-state index in [1.165, 1.54) is 0 Å². The van der Waals surface area contributed by atoms with Crippen molar-refractivity contribution >= 4 is 21.4 Å². The van der Waals surface area contributed by atoms with Crippen molar-refractivity contribution < 1.29 is 36.2 Å². The van der Waals surface area contributed by atoms with Gasteiger partial charge in [0.05, 0.1) is 36.3 Å². The van der Waals surface area contributed by atoms with Gasteiger partial charge in [-0.25, -0.2) is 13.1 Å². The molecule has 1 saturated heterocycles. The number of fused-ring (bicyclic) bond motifs is 2. The molecule has 0 bridgehead atoms. The zero-order valence-corrected chi connectivity index (χ0v) is 20.4. The van der Waals surface area contributed by atoms with E-state index in [-0.39, 0.29) is 18.1 Å². The first kappa shape index (κ1) is 25.5. The highest BCUT2D eigenvalue weighted by Crippen LogP contribution is 2.39. The number of benzene rings is 3. The number of hydrogen-bond acceptors (Lipinski definition) is 6. The first-order valence-corrected chi connectivity index (χ1v) is 13.2. The van der Waals surface area contributed by atoms with E-state index in [2.05, 4.69) is 9.46 Å². The first-order chi connectivity index (χ1) is 17.6. The smallest absolute Gasteiger partial charge is 0.406 e. The quantitative estimate of drug-likeness (QED) is 0.516. The summed E-state index contributed by atoms with van der Waals surface area (Å²) in [6.45, 7) is 0.106. The minimum Gasteiger partial charge on any atom is -0.406 e. The molecule has 0 unspecified atom stereocenters. The molecule has 0 radical (unpaired) electrons. The molecule has 0 amide bonds. The summed E-state index contributed by atoms with van der Waals surface area (Å²) in [6.07, 6.45) is -4.40. The van der Waals surface area contributed by atoms with E-state index in [0.29, 0.717) is 0 Å². The van der Waals surface area contributed by atoms with Gasteiger partial charge in [-0.3, -0.25) is 0 Å². The molecular weight excluding hydrogens is 509 g/mol. The van der Waals surface area contributed by atoms with Crippen LogP contribution >= 0.6 is 0 Å². The van der Waals surface area contributed by atoms with E-state index in [1.54, 1.807) is 0 Å². The number of ether oxygens (including phenoxy) is 2. The predicted molar refractivity (Wildman–Crippen MR) is 130 cm³/mol. The van der Waals surface area contributed by atoms with Crippen molar-refractivity contribution in [3.8, 4) is 5.75 Å². The zero-order valence-electron chi connectivity index (χ0n) is 19.6. The van der Waals surface area contributed by atoms with E-state index >= 15 is 0 Å². The molecule has 0 spiro atoms. The molecule has 7 nitrogen and oxygen atoms in total. The van der Waals surface area contributed by atoms with Gasteiger partial charge >= 0.3 is 6.36 Å². The van der Waals surface area contributed by atoms with Crippen LogP contribution in [0.5, 0.6) is 5.75 Å². The number of aliphatic hydroxyl groups excluding tert-OH is 1. The van der Waals surface area contributed by atoms with E-state index in [1.807, 2.05) is 53.4 Å². The number of aliphatic hydroxyl groups is 1. The van der Waals surface area contributed by atoms with Gasteiger partial charge in [0.25, 0.3) is 0 Å². The van der Waals surface area contributed by atoms with Crippen molar-refractivity contribution in [1.29, 1.82) is 0 Å². The van der Waals surface area contributed by atoms with Gasteiger partial charge in [-0.1, -0.05) is 36.4 Å². The van der Waals surface area contributed by atoms with Crippen LogP contribution < -0.4 is 14.4 Å². The lowest BCUT2D eigenvalue weighted by atomic mass is 9.98. The molecule has 3 aromatic carbocycles. The Balaban J connectivity index is 1.41. The topological polar surface area (TPSA) is 88.1 Å². The van der Waals surface area contributed by atoms with Crippen LogP contribution in [0.3, 0.4) is 0 Å². The molecule has 5 rings (SSSR count). The van der Waals surface area contributed by atoms with Crippen molar-refractivity contribution in [1.82, 2.24) is 4.72 Å². The summed E-state index contributed by atoms with van der Waals surface area (Å²) < 4.78 is 75.4. The fourth-order valence-corrected chi connectivity index (χ4v) is 6.11. The third kappa shape index (κ3) is 5.45. The van der Waals surface area contributed by atoms with Crippen LogP contribution in [-0.4, -0.2) is 51.3 Å². The molecule has 2 aliphatic heterocycles. The van der Waals surface area contributed by atoms with Gasteiger partial charge in [0, 0.05) is 11.4 Å². The van der Waals surface area contributed by atoms with Gasteiger partial charge < -0.3 is 19.5 Å². The second-order valence-electron chi connectivity index (χ2n) is 8.97. The Morgan fingerprint density at radius 3 is 2.03 bits per heavy atom. The Morgan fingerprint density at radius 2 is 1.46 bits per heavy atom. The number of sulfonamides is 1. The molecule has 2 N–H and O–H groups in total. The Labute approximate surface area is 212 Å². The number of halogens is 3. The normalized spacial score (nSPS) is 22.1. The number of rotatable bonds is 5. The van der Waals surface area contributed by atoms with Crippen LogP contribution in [0.2, 0.25) is 0 Å². The average molecular weight is 535 g/mol. The summed E-state index contributed by atoms with van der Waals surface area (Å²) in [7, 11) is -4.18. The standard InChI is InChI=1S/C26H25F3N2O5S/c27-26(28,29)36-19-11-13-20(14-12-19)37(33,34)30-21-15-35-16-24(25(21)32)31-22-7-3-1-5-17(22)9-10-18-6-2-4-8-23(18)31/h1-8,11-14,21,24-25,30,32H,9-10,15-16H2/t21-,24+,25+/m1/s1. The first-order valence-electron chi connectivity index (χ1n) is 11.7. The Morgan fingerprint density at radius 1 is 0.892 bits per heavy atom. The number of nitrogens with zero attached hydrogens (tertiary/aromatic N) is 1. The lowest BCUT2D eigenvalue weighted by Crippen LogP contribution is -2.60. The fourth-order valence-electron chi connectivity index (χ4n) is 4.87. The number of hydrogen-bond donors (Lipinski definition) is 2. The lowest BCUT2D eigenvalue weighted by molar-refractivity contribution is -0.274. The van der Waals surface area contributed by atoms with Crippen LogP contribution in [-0.2, 0) is 27.6 Å². The van der Waals surface area contributed by atoms with Gasteiger partial charge in [0.15, 0.2) is 0 Å². The van der Waals surface area contributed by atoms with Crippen molar-refractivity contribution in [3.63, 3.8) is 0 Å². The molecule has 0 saturated carbocycles. The highest BCUT2D eigenvalue weighted by molar-refractivity contribution is 7.89. The van der Waals surface area contributed by atoms with Crippen LogP contribution in [0.4, 0.5) is 24.5 Å². The molecular formula is C26H25F3N2O5S. The second-order valence-corrected chi connectivity index (χ2v) is 10.7. The van der Waals surface area contributed by atoms with E-state index in [9.17, 15) is 26.7 Å². The van der Waals surface area contributed by atoms with E-state index in [4.69, 9.17) is 4.74 Å². The molecule has 0 aliphatic carbocycles. The van der Waals surface area contributed by atoms with Crippen LogP contribution in [0.1, 0.15) is 11.1 Å². The number of alkyl halides is 3. The molecule has 196 valence electrons. The number of para-hydroxylation sites is 2. The predicted octanol–water partition coefficient (Wildman–Crippen LogP) is 3.93. The Hall–Kier alpha value is -3.12. The molecule has 11 heteroatoms. The van der Waals surface area contributed by atoms with Crippen molar-refractivity contribution in [2.45, 2.75) is 42.3 Å². The summed E-state index contributed by atoms with van der Waals surface area (Å²) in [5.74, 6) is -0.536. The Bertz CT molecular complexity index is 1320. The van der Waals surface area contributed by atoms with Crippen LogP contribution in [0.25, 0.3) is 0 Å². The maximum Gasteiger partial charge on any atom is 0.573 e. The van der Waals surface area contributed by atoms with Gasteiger partial charge in [0.1, 0.15) is 5.75 Å². The highest BCUT2D eigenvalue weighted by Gasteiger charge is 2.41. The van der Waals surface area contributed by atoms with E-state index < -0.39 is 40.3 Å². The van der Waals surface area contributed by atoms with Crippen LogP contribution in [0.15, 0.2) is 77.7 Å². The molecule has 2 aliphatic rings. The molecule has 3 aromatic rings. The summed E-state index contributed by atoms with van der Waals surface area (Å²) in [4.78, 5) is 1.76. The zero-order chi connectivity index (χ0) is 26.2. The molecule has 0 aromatic heterocycles. The molecule has 37 heavy (non-hydrogen) atoms. The third-order valence-corrected chi connectivity index (χ3v) is 8.07. The molecule has 1 fully saturated rings. The summed E-state index contributed by atoms with van der Waals surface area (Å²) in [6, 6.07) is 18.1. The molecule has 2 heterocycles. The van der Waals surface area contributed by atoms with Gasteiger partial charge in [-0.15, -0.1) is 13.2 Å². The van der Waals surface area contributed by atoms with Gasteiger partial charge in [-0.2, -0.15) is 0 Å². The SMILES string of the molecule is O=S(=O)(N[C@@H]1COC[C@H](N2c3ccccc3CCc3ccccc32)[C@H]1O)c1ccc(OC(F)(F)F)cc1. The minimum absolute atomic E-state index is 0.0662. The average Bonchev–Trinajstić information content (AvgIpc) is 3.02. The number of nitrogens with one attached hydrogen (secondary N) is 1. The lowest BCUT2D eigenvalue weighted by Gasteiger charge is -2.43. The fraction of sp³-hybridized carbons (Fsp3) is 0.308. The summed E-state index contributed by atoms with van der Waals surface area (Å²) in [5.41, 5.74) is 4.05. The van der Waals surface area contributed by atoms with Gasteiger partial charge in [-0.05, 0) is 60.4 Å². The maximum absolute atomic E-state index is 13.0. The highest BCUT2D eigenvalue weighted by atomic mass is 32.2. The van der Waals surface area contributed by atoms with E-state index in [0.717, 1.165) is 59.6 Å². The second kappa shape index (κ2) is 9.97. The largest absolute Gasteiger partial charge is 0.573 e. The maximum atomic E-state index is 13.0. The van der Waals surface area contributed by atoms with Crippen molar-refractivity contribution in [2.75, 3.05) is 18.1 Å². The Kier molecular flexibility index (Phi) is 6.88. The van der Waals surface area contributed by atoms with Crippen molar-refractivity contribution in [2.24, 2.45) is 0 Å². The number of aryl methyl sites for hydroxylation is 2. The monoisotopic (exact) mass is 534 g/mol. The molecule has 3 atom stereocenters. The third-order valence-electron chi connectivity index (χ3n) is 6.56. The summed E-state index contributed by atoms with van der Waals surface area (Å²) in [5, 5.41) is 11.4. The van der Waals surface area contributed by atoms with Crippen LogP contribution in [0, 0.1) is 0 Å². The van der Waals surface area contributed by atoms with Gasteiger partial charge in [0.2, 0.25) is 10.0 Å². The minimum atomic E-state index is -4.89. The summed E-state index contributed by atoms with van der Waals surface area (Å²) >= 11 is 0.